The zero-order valence-corrected chi connectivity index (χ0v) is 12.0. The highest BCUT2D eigenvalue weighted by Gasteiger charge is 2.34. The number of carbonyl (C=O) groups is 1. The number of hydrogen-bond donors (Lipinski definition) is 1. The van der Waals surface area contributed by atoms with E-state index in [1.54, 1.807) is 0 Å². The fourth-order valence-electron chi connectivity index (χ4n) is 3.52. The molecule has 18 heavy (non-hydrogen) atoms. The van der Waals surface area contributed by atoms with Crippen LogP contribution in [0.3, 0.4) is 0 Å². The molecule has 1 amide bonds. The van der Waals surface area contributed by atoms with E-state index in [-0.39, 0.29) is 11.4 Å². The van der Waals surface area contributed by atoms with E-state index in [0.717, 1.165) is 18.8 Å². The number of nitrogens with two attached hydrogens (primary N) is 1. The first-order valence-electron chi connectivity index (χ1n) is 7.55. The highest BCUT2D eigenvalue weighted by molar-refractivity contribution is 5.77. The minimum atomic E-state index is -0.201. The van der Waals surface area contributed by atoms with Gasteiger partial charge in [-0.15, -0.1) is 0 Å². The van der Waals surface area contributed by atoms with Crippen LogP contribution in [0, 0.1) is 5.92 Å². The van der Waals surface area contributed by atoms with Gasteiger partial charge >= 0.3 is 0 Å². The maximum Gasteiger partial charge on any atom is 0.224 e. The van der Waals surface area contributed by atoms with Gasteiger partial charge in [-0.1, -0.05) is 19.8 Å². The molecule has 0 aromatic carbocycles. The fraction of sp³-hybridized carbons (Fsp3) is 0.933. The van der Waals surface area contributed by atoms with Crippen LogP contribution in [0.5, 0.6) is 0 Å². The van der Waals surface area contributed by atoms with Crippen LogP contribution in [0.4, 0.5) is 0 Å². The molecule has 0 radical (unpaired) electrons. The lowest BCUT2D eigenvalue weighted by atomic mass is 9.86. The molecule has 0 aromatic rings. The van der Waals surface area contributed by atoms with Gasteiger partial charge in [0, 0.05) is 25.0 Å². The molecule has 0 bridgehead atoms. The molecule has 2 fully saturated rings. The summed E-state index contributed by atoms with van der Waals surface area (Å²) in [6.07, 6.45) is 9.83. The van der Waals surface area contributed by atoms with E-state index in [2.05, 4.69) is 6.92 Å². The summed E-state index contributed by atoms with van der Waals surface area (Å²) >= 11 is 0. The SMILES string of the molecule is CC1CCC(N(C)C(=O)CC2(N)CCCC2)CC1. The molecular formula is C15H28N2O. The molecule has 0 unspecified atom stereocenters. The van der Waals surface area contributed by atoms with Gasteiger partial charge in [-0.05, 0) is 44.4 Å². The average molecular weight is 252 g/mol. The van der Waals surface area contributed by atoms with Crippen LogP contribution in [0.2, 0.25) is 0 Å². The second kappa shape index (κ2) is 5.60. The van der Waals surface area contributed by atoms with Crippen LogP contribution in [0.1, 0.15) is 64.7 Å². The van der Waals surface area contributed by atoms with Crippen molar-refractivity contribution in [3.63, 3.8) is 0 Å². The maximum absolute atomic E-state index is 12.3. The number of carbonyl (C=O) groups excluding carboxylic acids is 1. The molecule has 0 spiro atoms. The smallest absolute Gasteiger partial charge is 0.224 e. The van der Waals surface area contributed by atoms with E-state index in [1.165, 1.54) is 38.5 Å². The first-order chi connectivity index (χ1) is 8.50. The quantitative estimate of drug-likeness (QED) is 0.839. The molecule has 0 aliphatic heterocycles. The third-order valence-corrected chi connectivity index (χ3v) is 5.03. The topological polar surface area (TPSA) is 46.3 Å². The molecule has 0 saturated heterocycles. The summed E-state index contributed by atoms with van der Waals surface area (Å²) in [5.41, 5.74) is 6.10. The van der Waals surface area contributed by atoms with Crippen LogP contribution < -0.4 is 5.73 Å². The first-order valence-corrected chi connectivity index (χ1v) is 7.55. The van der Waals surface area contributed by atoms with E-state index < -0.39 is 0 Å². The second-order valence-electron chi connectivity index (χ2n) is 6.66. The Kier molecular flexibility index (Phi) is 4.31. The number of amides is 1. The van der Waals surface area contributed by atoms with Crippen molar-refractivity contribution in [3.05, 3.63) is 0 Å². The summed E-state index contributed by atoms with van der Waals surface area (Å²) in [4.78, 5) is 14.3. The molecule has 0 heterocycles. The normalized spacial score (nSPS) is 31.3. The third kappa shape index (κ3) is 3.25. The van der Waals surface area contributed by atoms with Crippen molar-refractivity contribution in [2.75, 3.05) is 7.05 Å². The van der Waals surface area contributed by atoms with Crippen molar-refractivity contribution in [2.45, 2.75) is 76.3 Å². The van der Waals surface area contributed by atoms with Gasteiger partial charge in [0.1, 0.15) is 0 Å². The summed E-state index contributed by atoms with van der Waals surface area (Å²) < 4.78 is 0. The minimum absolute atomic E-state index is 0.201. The maximum atomic E-state index is 12.3. The molecule has 2 aliphatic rings. The van der Waals surface area contributed by atoms with Gasteiger partial charge in [-0.25, -0.2) is 0 Å². The Morgan fingerprint density at radius 3 is 2.33 bits per heavy atom. The third-order valence-electron chi connectivity index (χ3n) is 5.03. The van der Waals surface area contributed by atoms with E-state index in [9.17, 15) is 4.79 Å². The van der Waals surface area contributed by atoms with Crippen molar-refractivity contribution in [3.8, 4) is 0 Å². The van der Waals surface area contributed by atoms with Crippen molar-refractivity contribution in [1.82, 2.24) is 4.90 Å². The van der Waals surface area contributed by atoms with Crippen LogP contribution in [0.15, 0.2) is 0 Å². The average Bonchev–Trinajstić information content (AvgIpc) is 2.76. The largest absolute Gasteiger partial charge is 0.343 e. The molecule has 0 aromatic heterocycles. The number of rotatable bonds is 3. The van der Waals surface area contributed by atoms with Gasteiger partial charge in [0.15, 0.2) is 0 Å². The number of hydrogen-bond acceptors (Lipinski definition) is 2. The summed E-state index contributed by atoms with van der Waals surface area (Å²) in [6, 6.07) is 0.457. The Morgan fingerprint density at radius 1 is 1.22 bits per heavy atom. The lowest BCUT2D eigenvalue weighted by molar-refractivity contribution is -0.134. The lowest BCUT2D eigenvalue weighted by Crippen LogP contribution is -2.46. The Hall–Kier alpha value is -0.570. The standard InChI is InChI=1S/C15H28N2O/c1-12-5-7-13(8-6-12)17(2)14(18)11-15(16)9-3-4-10-15/h12-13H,3-11,16H2,1-2H3. The first kappa shape index (κ1) is 13.9. The molecule has 2 saturated carbocycles. The predicted molar refractivity (Wildman–Crippen MR) is 74.2 cm³/mol. The van der Waals surface area contributed by atoms with Gasteiger partial charge in [-0.3, -0.25) is 4.79 Å². The molecule has 2 N–H and O–H groups in total. The van der Waals surface area contributed by atoms with E-state index >= 15 is 0 Å². The van der Waals surface area contributed by atoms with Crippen molar-refractivity contribution < 1.29 is 4.79 Å². The zero-order chi connectivity index (χ0) is 13.2. The van der Waals surface area contributed by atoms with Crippen LogP contribution >= 0.6 is 0 Å². The zero-order valence-electron chi connectivity index (χ0n) is 12.0. The van der Waals surface area contributed by atoms with E-state index in [1.807, 2.05) is 11.9 Å². The molecule has 104 valence electrons. The molecule has 2 aliphatic carbocycles. The highest BCUT2D eigenvalue weighted by Crippen LogP contribution is 2.32. The lowest BCUT2D eigenvalue weighted by Gasteiger charge is -2.35. The fourth-order valence-corrected chi connectivity index (χ4v) is 3.52. The van der Waals surface area contributed by atoms with Gasteiger partial charge in [0.05, 0.1) is 0 Å². The molecule has 3 nitrogen and oxygen atoms in total. The van der Waals surface area contributed by atoms with Crippen molar-refractivity contribution >= 4 is 5.91 Å². The van der Waals surface area contributed by atoms with Gasteiger partial charge in [0.25, 0.3) is 0 Å². The highest BCUT2D eigenvalue weighted by atomic mass is 16.2. The van der Waals surface area contributed by atoms with Crippen LogP contribution in [0.25, 0.3) is 0 Å². The monoisotopic (exact) mass is 252 g/mol. The second-order valence-corrected chi connectivity index (χ2v) is 6.66. The Morgan fingerprint density at radius 2 is 1.78 bits per heavy atom. The molecule has 0 atom stereocenters. The summed E-state index contributed by atoms with van der Waals surface area (Å²) in [5, 5.41) is 0. The van der Waals surface area contributed by atoms with Gasteiger partial charge in [0.2, 0.25) is 5.91 Å². The predicted octanol–water partition coefficient (Wildman–Crippen LogP) is 2.69. The number of nitrogens with zero attached hydrogens (tertiary/aromatic N) is 1. The van der Waals surface area contributed by atoms with Crippen molar-refractivity contribution in [2.24, 2.45) is 11.7 Å². The Labute approximate surface area is 111 Å². The van der Waals surface area contributed by atoms with E-state index in [4.69, 9.17) is 5.73 Å². The Bertz CT molecular complexity index is 289. The minimum Gasteiger partial charge on any atom is -0.343 e. The summed E-state index contributed by atoms with van der Waals surface area (Å²) in [7, 11) is 1.97. The van der Waals surface area contributed by atoms with Crippen molar-refractivity contribution in [1.29, 1.82) is 0 Å². The summed E-state index contributed by atoms with van der Waals surface area (Å²) in [5.74, 6) is 1.10. The molecular weight excluding hydrogens is 224 g/mol. The van der Waals surface area contributed by atoms with Crippen LogP contribution in [-0.4, -0.2) is 29.4 Å². The molecule has 3 heteroatoms. The van der Waals surface area contributed by atoms with Gasteiger partial charge in [-0.2, -0.15) is 0 Å². The Balaban J connectivity index is 1.84. The molecule has 2 rings (SSSR count). The van der Waals surface area contributed by atoms with Gasteiger partial charge < -0.3 is 10.6 Å². The summed E-state index contributed by atoms with van der Waals surface area (Å²) in [6.45, 7) is 2.31. The van der Waals surface area contributed by atoms with Crippen LogP contribution in [-0.2, 0) is 4.79 Å². The van der Waals surface area contributed by atoms with E-state index in [0.29, 0.717) is 12.5 Å².